The molecule has 0 saturated heterocycles. The van der Waals surface area contributed by atoms with Gasteiger partial charge in [0.1, 0.15) is 0 Å². The molecule has 11 rings (SSSR count). The van der Waals surface area contributed by atoms with Crippen molar-refractivity contribution in [1.82, 2.24) is 4.57 Å². The normalized spacial score (nSPS) is 17.1. The van der Waals surface area contributed by atoms with Gasteiger partial charge in [-0.2, -0.15) is 0 Å². The third-order valence-electron chi connectivity index (χ3n) is 11.7. The Hall–Kier alpha value is -5.64. The van der Waals surface area contributed by atoms with Gasteiger partial charge in [-0.15, -0.1) is 11.3 Å². The molecule has 0 spiro atoms. The van der Waals surface area contributed by atoms with Gasteiger partial charge in [0.2, 0.25) is 0 Å². The minimum absolute atomic E-state index is 0.615. The van der Waals surface area contributed by atoms with Crippen LogP contribution in [0.2, 0.25) is 0 Å². The largest absolute Gasteiger partial charge is 0.338 e. The third kappa shape index (κ3) is 4.61. The fourth-order valence-corrected chi connectivity index (χ4v) is 10.4. The number of benzene rings is 7. The van der Waals surface area contributed by atoms with E-state index >= 15 is 0 Å². The first-order valence-corrected chi connectivity index (χ1v) is 19.1. The van der Waals surface area contributed by atoms with Gasteiger partial charge in [0.05, 0.1) is 11.0 Å². The maximum atomic E-state index is 2.64. The first-order valence-electron chi connectivity index (χ1n) is 18.3. The number of anilines is 2. The van der Waals surface area contributed by atoms with Crippen LogP contribution in [0.15, 0.2) is 158 Å². The summed E-state index contributed by atoms with van der Waals surface area (Å²) in [4.78, 5) is 2.64. The van der Waals surface area contributed by atoms with Crippen molar-refractivity contribution in [2.45, 2.75) is 31.7 Å². The predicted molar refractivity (Wildman–Crippen MR) is 218 cm³/mol. The number of para-hydroxylation sites is 2. The molecule has 1 saturated carbocycles. The van der Waals surface area contributed by atoms with Gasteiger partial charge in [-0.1, -0.05) is 110 Å². The molecule has 2 aromatic heterocycles. The van der Waals surface area contributed by atoms with Crippen LogP contribution in [0, 0.1) is 5.92 Å². The predicted octanol–water partition coefficient (Wildman–Crippen LogP) is 13.3. The van der Waals surface area contributed by atoms with E-state index in [2.05, 4.69) is 167 Å². The fourth-order valence-electron chi connectivity index (χ4n) is 9.24. The third-order valence-corrected chi connectivity index (χ3v) is 12.8. The van der Waals surface area contributed by atoms with Crippen LogP contribution in [0.25, 0.3) is 69.9 Å². The molecule has 2 aliphatic rings. The quantitative estimate of drug-likeness (QED) is 0.181. The van der Waals surface area contributed by atoms with E-state index in [4.69, 9.17) is 0 Å². The number of thiophene rings is 1. The van der Waals surface area contributed by atoms with E-state index in [1.165, 1.54) is 113 Å². The Morgan fingerprint density at radius 2 is 1.10 bits per heavy atom. The van der Waals surface area contributed by atoms with Gasteiger partial charge >= 0.3 is 0 Å². The van der Waals surface area contributed by atoms with Crippen LogP contribution in [-0.4, -0.2) is 10.6 Å². The molecule has 2 atom stereocenters. The van der Waals surface area contributed by atoms with Crippen molar-refractivity contribution in [3.05, 3.63) is 163 Å². The molecule has 1 aliphatic carbocycles. The number of nitrogens with zero attached hydrogens (tertiary/aromatic N) is 2. The lowest BCUT2D eigenvalue weighted by atomic mass is 9.87. The van der Waals surface area contributed by atoms with Crippen molar-refractivity contribution in [2.24, 2.45) is 5.92 Å². The van der Waals surface area contributed by atoms with Crippen molar-refractivity contribution < 1.29 is 0 Å². The maximum absolute atomic E-state index is 2.64. The summed E-state index contributed by atoms with van der Waals surface area (Å²) in [6, 6.07) is 59.5. The summed E-state index contributed by atoms with van der Waals surface area (Å²) in [6.45, 7) is 0. The summed E-state index contributed by atoms with van der Waals surface area (Å²) in [5.41, 5.74) is 12.8. The molecule has 51 heavy (non-hydrogen) atoms. The zero-order valence-electron chi connectivity index (χ0n) is 28.3. The second kappa shape index (κ2) is 11.4. The second-order valence-corrected chi connectivity index (χ2v) is 15.5. The van der Waals surface area contributed by atoms with E-state index in [1.54, 1.807) is 0 Å². The molecule has 9 aromatic rings. The van der Waals surface area contributed by atoms with E-state index < -0.39 is 0 Å². The summed E-state index contributed by atoms with van der Waals surface area (Å²) in [6.07, 6.45) is 5.20. The molecule has 0 amide bonds. The molecule has 2 nitrogen and oxygen atoms in total. The highest BCUT2D eigenvalue weighted by Gasteiger charge is 2.38. The molecule has 3 heterocycles. The fraction of sp³-hybridized carbons (Fsp3) is 0.125. The smallest absolute Gasteiger partial charge is 0.0548 e. The average molecular weight is 673 g/mol. The molecule has 1 aliphatic heterocycles. The van der Waals surface area contributed by atoms with E-state index in [-0.39, 0.29) is 0 Å². The topological polar surface area (TPSA) is 8.17 Å². The minimum atomic E-state index is 0.615. The number of hydrogen-bond donors (Lipinski definition) is 0. The zero-order chi connectivity index (χ0) is 33.5. The Morgan fingerprint density at radius 1 is 0.471 bits per heavy atom. The number of rotatable bonds is 4. The first kappa shape index (κ1) is 29.1. The summed E-state index contributed by atoms with van der Waals surface area (Å²) < 4.78 is 5.12. The number of fused-ring (bicyclic) bond motifs is 8. The monoisotopic (exact) mass is 672 g/mol. The second-order valence-electron chi connectivity index (χ2n) is 14.4. The van der Waals surface area contributed by atoms with Crippen molar-refractivity contribution in [3.8, 4) is 27.9 Å². The van der Waals surface area contributed by atoms with Crippen molar-refractivity contribution in [3.63, 3.8) is 0 Å². The summed E-state index contributed by atoms with van der Waals surface area (Å²) in [7, 11) is 0. The maximum Gasteiger partial charge on any atom is 0.0548 e. The molecule has 0 bridgehead atoms. The van der Waals surface area contributed by atoms with Gasteiger partial charge in [-0.05, 0) is 108 Å². The molecule has 0 N–H and O–H groups in total. The summed E-state index contributed by atoms with van der Waals surface area (Å²) in [5, 5.41) is 5.27. The highest BCUT2D eigenvalue weighted by molar-refractivity contribution is 7.25. The highest BCUT2D eigenvalue weighted by atomic mass is 32.1. The van der Waals surface area contributed by atoms with Crippen LogP contribution in [0.1, 0.15) is 24.8 Å². The van der Waals surface area contributed by atoms with Gasteiger partial charge in [-0.3, -0.25) is 0 Å². The summed E-state index contributed by atoms with van der Waals surface area (Å²) in [5.74, 6) is 0.765. The van der Waals surface area contributed by atoms with E-state index in [0.717, 1.165) is 5.92 Å². The molecule has 2 unspecified atom stereocenters. The molecule has 3 heteroatoms. The van der Waals surface area contributed by atoms with E-state index in [1.807, 2.05) is 11.3 Å². The van der Waals surface area contributed by atoms with Crippen LogP contribution >= 0.6 is 11.3 Å². The van der Waals surface area contributed by atoms with Crippen LogP contribution in [0.5, 0.6) is 0 Å². The van der Waals surface area contributed by atoms with Gasteiger partial charge in [-0.25, -0.2) is 0 Å². The lowest BCUT2D eigenvalue weighted by Crippen LogP contribution is -2.39. The Bertz CT molecular complexity index is 2750. The molecule has 244 valence electrons. The van der Waals surface area contributed by atoms with Gasteiger partial charge in [0.25, 0.3) is 0 Å². The Balaban J connectivity index is 0.903. The molecule has 0 radical (unpaired) electrons. The van der Waals surface area contributed by atoms with E-state index in [0.29, 0.717) is 6.04 Å². The SMILES string of the molecule is c1ccc2c(c1)CC1CCCC1N2c1ccc(-c2ccc(-c3ccc(-n4c5ccccc5c5cc6sc7ccccc7c6cc54)cc3)cc2)cc1. The Labute approximate surface area is 301 Å². The number of aromatic nitrogens is 1. The van der Waals surface area contributed by atoms with Crippen LogP contribution in [0.3, 0.4) is 0 Å². The number of hydrogen-bond acceptors (Lipinski definition) is 2. The standard InChI is InChI=1S/C48H36N2S/c1-4-12-43-35(8-1)28-36-9-7-14-44(36)49(43)37-24-20-33(21-25-37)31-16-18-32(19-17-31)34-22-26-38(27-23-34)50-45-13-5-2-10-39(45)41-30-48-42(29-46(41)50)40-11-3-6-15-47(40)51-48/h1-6,8,10-13,15-27,29-30,36,44H,7,9,14,28H2. The summed E-state index contributed by atoms with van der Waals surface area (Å²) >= 11 is 1.89. The van der Waals surface area contributed by atoms with Crippen LogP contribution in [-0.2, 0) is 6.42 Å². The first-order chi connectivity index (χ1) is 25.3. The molecule has 7 aromatic carbocycles. The van der Waals surface area contributed by atoms with Crippen molar-refractivity contribution >= 4 is 64.7 Å². The average Bonchev–Trinajstić information content (AvgIpc) is 3.90. The molecule has 1 fully saturated rings. The van der Waals surface area contributed by atoms with Crippen LogP contribution < -0.4 is 4.90 Å². The minimum Gasteiger partial charge on any atom is -0.338 e. The highest BCUT2D eigenvalue weighted by Crippen LogP contribution is 2.46. The van der Waals surface area contributed by atoms with Gasteiger partial charge < -0.3 is 9.47 Å². The lowest BCUT2D eigenvalue weighted by molar-refractivity contribution is 0.453. The Kier molecular flexibility index (Phi) is 6.54. The van der Waals surface area contributed by atoms with Crippen molar-refractivity contribution in [2.75, 3.05) is 4.90 Å². The molecular weight excluding hydrogens is 637 g/mol. The molecular formula is C48H36N2S. The van der Waals surface area contributed by atoms with Gasteiger partial charge in [0.15, 0.2) is 0 Å². The van der Waals surface area contributed by atoms with E-state index in [9.17, 15) is 0 Å². The lowest BCUT2D eigenvalue weighted by Gasteiger charge is -2.41. The van der Waals surface area contributed by atoms with Gasteiger partial charge in [0, 0.05) is 54.0 Å². The zero-order valence-corrected chi connectivity index (χ0v) is 29.1. The van der Waals surface area contributed by atoms with Crippen molar-refractivity contribution in [1.29, 1.82) is 0 Å². The van der Waals surface area contributed by atoms with Crippen LogP contribution in [0.4, 0.5) is 11.4 Å². The Morgan fingerprint density at radius 3 is 1.86 bits per heavy atom.